The van der Waals surface area contributed by atoms with E-state index < -0.39 is 8.80 Å². The molecule has 0 saturated carbocycles. The van der Waals surface area contributed by atoms with Gasteiger partial charge in [0.15, 0.2) is 0 Å². The number of aryl methyl sites for hydroxylation is 2. The van der Waals surface area contributed by atoms with E-state index in [0.717, 1.165) is 0 Å². The zero-order valence-electron chi connectivity index (χ0n) is 19.6. The number of hydrogen-bond donors (Lipinski definition) is 0. The normalized spacial score (nSPS) is 24.2. The van der Waals surface area contributed by atoms with Crippen molar-refractivity contribution in [3.8, 4) is 0 Å². The van der Waals surface area contributed by atoms with Crippen LogP contribution in [0.15, 0.2) is 94.3 Å². The Morgan fingerprint density at radius 1 is 0.903 bits per heavy atom. The molecule has 1 unspecified atom stereocenters. The molecule has 5 rings (SSSR count). The lowest BCUT2D eigenvalue weighted by Gasteiger charge is -2.44. The quantitative estimate of drug-likeness (QED) is 0.450. The monoisotopic (exact) mass is 420 g/mol. The number of fused-ring (bicyclic) bond motifs is 2. The van der Waals surface area contributed by atoms with Crippen LogP contribution in [0.2, 0.25) is 13.1 Å². The zero-order valence-corrected chi connectivity index (χ0v) is 20.7. The summed E-state index contributed by atoms with van der Waals surface area (Å²) >= 11 is 0. The van der Waals surface area contributed by atoms with Gasteiger partial charge < -0.3 is 0 Å². The van der Waals surface area contributed by atoms with Crippen LogP contribution in [0.4, 0.5) is 0 Å². The Morgan fingerprint density at radius 2 is 1.68 bits per heavy atom. The van der Waals surface area contributed by atoms with Gasteiger partial charge in [-0.3, -0.25) is 0 Å². The zero-order chi connectivity index (χ0) is 21.9. The lowest BCUT2D eigenvalue weighted by molar-refractivity contribution is 0.546. The Bertz CT molecular complexity index is 1240. The molecule has 156 valence electrons. The minimum Gasteiger partial charge on any atom is -0.0686 e. The standard InChI is InChI=1S/C30H32Si/c1-19-13-14-20(2)26(16-19)30(28-21(3)17-23-10-7-8-11-24(23)28)15-9-12-25-27(30)18-22(4)29(25)31(5)6/h7-18,28,31H,1-6H3/t28-,30?/m1/s1. The lowest BCUT2D eigenvalue weighted by atomic mass is 9.58. The number of hydrogen-bond acceptors (Lipinski definition) is 0. The van der Waals surface area contributed by atoms with E-state index in [1.165, 1.54) is 50.1 Å². The van der Waals surface area contributed by atoms with Crippen molar-refractivity contribution in [3.05, 3.63) is 122 Å². The molecule has 0 heterocycles. The van der Waals surface area contributed by atoms with Crippen molar-refractivity contribution < 1.29 is 0 Å². The van der Waals surface area contributed by atoms with E-state index >= 15 is 0 Å². The summed E-state index contributed by atoms with van der Waals surface area (Å²) in [4.78, 5) is 0. The average molecular weight is 421 g/mol. The van der Waals surface area contributed by atoms with Crippen molar-refractivity contribution in [1.82, 2.24) is 0 Å². The van der Waals surface area contributed by atoms with Gasteiger partial charge in [-0.1, -0.05) is 108 Å². The van der Waals surface area contributed by atoms with Crippen molar-refractivity contribution in [2.45, 2.75) is 52.1 Å². The topological polar surface area (TPSA) is 0 Å². The number of rotatable bonds is 3. The van der Waals surface area contributed by atoms with Gasteiger partial charge >= 0.3 is 0 Å². The Hall–Kier alpha value is -2.64. The first kappa shape index (κ1) is 20.3. The predicted molar refractivity (Wildman–Crippen MR) is 137 cm³/mol. The fraction of sp³-hybridized carbons (Fsp3) is 0.267. The van der Waals surface area contributed by atoms with Gasteiger partial charge in [0.05, 0.1) is 8.80 Å². The van der Waals surface area contributed by atoms with E-state index in [4.69, 9.17) is 0 Å². The molecule has 0 saturated heterocycles. The second-order valence-corrected chi connectivity index (χ2v) is 12.8. The molecule has 0 N–H and O–H groups in total. The van der Waals surface area contributed by atoms with Gasteiger partial charge in [0.2, 0.25) is 0 Å². The first-order valence-corrected chi connectivity index (χ1v) is 14.4. The lowest BCUT2D eigenvalue weighted by Crippen LogP contribution is -2.37. The summed E-state index contributed by atoms with van der Waals surface area (Å²) in [6.45, 7) is 14.1. The highest BCUT2D eigenvalue weighted by atomic mass is 28.3. The van der Waals surface area contributed by atoms with Crippen LogP contribution in [0.3, 0.4) is 0 Å². The van der Waals surface area contributed by atoms with Crippen LogP contribution in [0.5, 0.6) is 0 Å². The van der Waals surface area contributed by atoms with Crippen molar-refractivity contribution in [2.24, 2.45) is 0 Å². The van der Waals surface area contributed by atoms with E-state index in [1.807, 2.05) is 0 Å². The molecule has 0 fully saturated rings. The summed E-state index contributed by atoms with van der Waals surface area (Å²) in [5, 5.41) is 1.64. The molecule has 0 bridgehead atoms. The first-order chi connectivity index (χ1) is 14.8. The summed E-state index contributed by atoms with van der Waals surface area (Å²) in [7, 11) is -0.955. The minimum absolute atomic E-state index is 0.181. The third kappa shape index (κ3) is 2.86. The van der Waals surface area contributed by atoms with Gasteiger partial charge in [-0.15, -0.1) is 0 Å². The third-order valence-corrected chi connectivity index (χ3v) is 9.37. The van der Waals surface area contributed by atoms with Crippen molar-refractivity contribution in [1.29, 1.82) is 0 Å². The van der Waals surface area contributed by atoms with Crippen LogP contribution in [0.25, 0.3) is 6.08 Å². The van der Waals surface area contributed by atoms with Crippen LogP contribution in [-0.2, 0) is 5.41 Å². The summed E-state index contributed by atoms with van der Waals surface area (Å²) in [6, 6.07) is 16.0. The smallest absolute Gasteiger partial charge is 0.0658 e. The van der Waals surface area contributed by atoms with E-state index in [-0.39, 0.29) is 5.41 Å². The van der Waals surface area contributed by atoms with E-state index in [0.29, 0.717) is 5.92 Å². The maximum Gasteiger partial charge on any atom is 0.0658 e. The van der Waals surface area contributed by atoms with Crippen LogP contribution in [0.1, 0.15) is 47.6 Å². The van der Waals surface area contributed by atoms with Crippen LogP contribution in [0, 0.1) is 13.8 Å². The Balaban J connectivity index is 1.83. The molecule has 2 aromatic rings. The third-order valence-electron chi connectivity index (χ3n) is 7.45. The molecule has 0 nitrogen and oxygen atoms in total. The van der Waals surface area contributed by atoms with Gasteiger partial charge in [-0.05, 0) is 61.1 Å². The van der Waals surface area contributed by atoms with Crippen LogP contribution >= 0.6 is 0 Å². The molecule has 0 amide bonds. The maximum absolute atomic E-state index is 2.52. The second-order valence-electron chi connectivity index (χ2n) is 9.89. The molecule has 3 aliphatic carbocycles. The van der Waals surface area contributed by atoms with Gasteiger partial charge in [0, 0.05) is 11.3 Å². The van der Waals surface area contributed by atoms with Gasteiger partial charge in [-0.2, -0.15) is 0 Å². The highest BCUT2D eigenvalue weighted by Gasteiger charge is 2.49. The highest BCUT2D eigenvalue weighted by molar-refractivity contribution is 6.66. The molecule has 0 aromatic heterocycles. The highest BCUT2D eigenvalue weighted by Crippen LogP contribution is 2.59. The Morgan fingerprint density at radius 3 is 2.45 bits per heavy atom. The Kier molecular flexibility index (Phi) is 4.71. The molecule has 0 aliphatic heterocycles. The molecule has 0 radical (unpaired) electrons. The summed E-state index contributed by atoms with van der Waals surface area (Å²) < 4.78 is 0. The molecular weight excluding hydrogens is 388 g/mol. The van der Waals surface area contributed by atoms with Crippen LogP contribution < -0.4 is 0 Å². The first-order valence-electron chi connectivity index (χ1n) is 11.5. The van der Waals surface area contributed by atoms with Crippen LogP contribution in [-0.4, -0.2) is 8.80 Å². The average Bonchev–Trinajstić information content (AvgIpc) is 3.25. The van der Waals surface area contributed by atoms with Gasteiger partial charge in [-0.25, -0.2) is 0 Å². The van der Waals surface area contributed by atoms with E-state index in [9.17, 15) is 0 Å². The van der Waals surface area contributed by atoms with Gasteiger partial charge in [0.25, 0.3) is 0 Å². The fourth-order valence-electron chi connectivity index (χ4n) is 6.31. The second kappa shape index (κ2) is 7.21. The van der Waals surface area contributed by atoms with E-state index in [1.54, 1.807) is 5.20 Å². The molecule has 2 aromatic carbocycles. The maximum atomic E-state index is 2.52. The summed E-state index contributed by atoms with van der Waals surface area (Å²) in [5.41, 5.74) is 12.8. The number of benzene rings is 2. The molecule has 1 heteroatoms. The molecule has 2 atom stereocenters. The van der Waals surface area contributed by atoms with E-state index in [2.05, 4.69) is 114 Å². The molecule has 3 aliphatic rings. The molecule has 31 heavy (non-hydrogen) atoms. The fourth-order valence-corrected chi connectivity index (χ4v) is 8.18. The number of allylic oxidation sites excluding steroid dienone is 9. The van der Waals surface area contributed by atoms with Crippen molar-refractivity contribution in [2.75, 3.05) is 0 Å². The minimum atomic E-state index is -0.955. The van der Waals surface area contributed by atoms with Crippen molar-refractivity contribution >= 4 is 14.9 Å². The predicted octanol–water partition coefficient (Wildman–Crippen LogP) is 7.52. The van der Waals surface area contributed by atoms with Gasteiger partial charge in [0.1, 0.15) is 0 Å². The summed E-state index contributed by atoms with van der Waals surface area (Å²) in [5.74, 6) is 0.316. The van der Waals surface area contributed by atoms with Crippen molar-refractivity contribution in [3.63, 3.8) is 0 Å². The summed E-state index contributed by atoms with van der Waals surface area (Å²) in [6.07, 6.45) is 12.2. The Labute approximate surface area is 189 Å². The SMILES string of the molecule is CC1=Cc2ccccc2[C@@H]1C1(c2cc(C)ccc2C)C=CC=C2C1=CC(C)=C2[SiH](C)C. The largest absolute Gasteiger partial charge is 0.0686 e. The molecular formula is C30H32Si. The molecule has 0 spiro atoms.